The van der Waals surface area contributed by atoms with E-state index < -0.39 is 0 Å². The molecule has 0 fully saturated rings. The van der Waals surface area contributed by atoms with Gasteiger partial charge in [0.1, 0.15) is 0 Å². The van der Waals surface area contributed by atoms with E-state index in [0.29, 0.717) is 28.9 Å². The minimum atomic E-state index is 0.0527. The van der Waals surface area contributed by atoms with Crippen molar-refractivity contribution >= 4 is 40.0 Å². The Labute approximate surface area is 183 Å². The molecular formula is C22H21ClN4O2S. The summed E-state index contributed by atoms with van der Waals surface area (Å²) in [6.07, 6.45) is 2.59. The van der Waals surface area contributed by atoms with Gasteiger partial charge in [0, 0.05) is 53.5 Å². The van der Waals surface area contributed by atoms with E-state index in [0.717, 1.165) is 28.7 Å². The summed E-state index contributed by atoms with van der Waals surface area (Å²) in [4.78, 5) is 16.0. The minimum absolute atomic E-state index is 0.0527. The number of methoxy groups -OCH3 is 1. The molecule has 4 rings (SSSR count). The molecule has 2 aromatic carbocycles. The maximum absolute atomic E-state index is 12.8. The molecule has 8 heteroatoms. The number of rotatable bonds is 9. The lowest BCUT2D eigenvalue weighted by Crippen LogP contribution is -2.07. The SMILES string of the molecule is COCCCn1c(SCC(=O)c2c[nH]c3ccccc23)nnc1-c1ccc(Cl)cc1. The van der Waals surface area contributed by atoms with Crippen LogP contribution in [0.2, 0.25) is 5.02 Å². The second-order valence-corrected chi connectivity index (χ2v) is 8.15. The summed E-state index contributed by atoms with van der Waals surface area (Å²) in [5, 5.41) is 11.0. The number of hydrogen-bond donors (Lipinski definition) is 1. The number of aromatic amines is 1. The Morgan fingerprint density at radius 2 is 1.97 bits per heavy atom. The quantitative estimate of drug-likeness (QED) is 0.223. The summed E-state index contributed by atoms with van der Waals surface area (Å²) in [5.41, 5.74) is 2.58. The summed E-state index contributed by atoms with van der Waals surface area (Å²) in [6.45, 7) is 1.33. The Hall–Kier alpha value is -2.61. The maximum Gasteiger partial charge on any atom is 0.191 e. The summed E-state index contributed by atoms with van der Waals surface area (Å²) in [5.74, 6) is 1.09. The van der Waals surface area contributed by atoms with E-state index in [4.69, 9.17) is 16.3 Å². The number of H-pyrrole nitrogens is 1. The van der Waals surface area contributed by atoms with Gasteiger partial charge >= 0.3 is 0 Å². The van der Waals surface area contributed by atoms with Gasteiger partial charge in [-0.15, -0.1) is 10.2 Å². The topological polar surface area (TPSA) is 72.8 Å². The third-order valence-electron chi connectivity index (χ3n) is 4.77. The molecule has 0 aliphatic heterocycles. The van der Waals surface area contributed by atoms with Crippen molar-refractivity contribution in [2.24, 2.45) is 0 Å². The molecule has 154 valence electrons. The molecule has 0 saturated carbocycles. The number of fused-ring (bicyclic) bond motifs is 1. The van der Waals surface area contributed by atoms with Gasteiger partial charge in [0.05, 0.1) is 5.75 Å². The van der Waals surface area contributed by atoms with Crippen molar-refractivity contribution in [3.05, 3.63) is 65.3 Å². The van der Waals surface area contributed by atoms with E-state index in [1.54, 1.807) is 13.3 Å². The fraction of sp³-hybridized carbons (Fsp3) is 0.227. The van der Waals surface area contributed by atoms with Crippen molar-refractivity contribution in [1.82, 2.24) is 19.7 Å². The highest BCUT2D eigenvalue weighted by molar-refractivity contribution is 7.99. The lowest BCUT2D eigenvalue weighted by Gasteiger charge is -2.10. The molecule has 4 aromatic rings. The van der Waals surface area contributed by atoms with E-state index in [9.17, 15) is 4.79 Å². The van der Waals surface area contributed by atoms with Crippen LogP contribution in [0.4, 0.5) is 0 Å². The second kappa shape index (κ2) is 9.47. The molecule has 0 spiro atoms. The first kappa shape index (κ1) is 20.7. The van der Waals surface area contributed by atoms with Crippen molar-refractivity contribution in [3.8, 4) is 11.4 Å². The number of thioether (sulfide) groups is 1. The zero-order valence-electron chi connectivity index (χ0n) is 16.5. The van der Waals surface area contributed by atoms with E-state index in [-0.39, 0.29) is 11.5 Å². The summed E-state index contributed by atoms with van der Waals surface area (Å²) >= 11 is 7.42. The van der Waals surface area contributed by atoms with Gasteiger partial charge in [0.15, 0.2) is 16.8 Å². The van der Waals surface area contributed by atoms with Crippen molar-refractivity contribution in [2.75, 3.05) is 19.5 Å². The highest BCUT2D eigenvalue weighted by Crippen LogP contribution is 2.27. The highest BCUT2D eigenvalue weighted by atomic mass is 35.5. The standard InChI is InChI=1S/C22H21ClN4O2S/c1-29-12-4-11-27-21(15-7-9-16(23)10-8-15)25-26-22(27)30-14-20(28)18-13-24-19-6-3-2-5-17(18)19/h2-3,5-10,13,24H,4,11-12,14H2,1H3. The number of carbonyl (C=O) groups excluding carboxylic acids is 1. The molecule has 1 N–H and O–H groups in total. The van der Waals surface area contributed by atoms with Gasteiger partial charge in [-0.2, -0.15) is 0 Å². The molecule has 2 heterocycles. The average Bonchev–Trinajstić information content (AvgIpc) is 3.37. The minimum Gasteiger partial charge on any atom is -0.385 e. The molecule has 0 bridgehead atoms. The van der Waals surface area contributed by atoms with Gasteiger partial charge in [-0.3, -0.25) is 4.79 Å². The zero-order valence-corrected chi connectivity index (χ0v) is 18.0. The normalized spacial score (nSPS) is 11.3. The number of aromatic nitrogens is 4. The Kier molecular flexibility index (Phi) is 6.52. The molecule has 6 nitrogen and oxygen atoms in total. The third-order valence-corrected chi connectivity index (χ3v) is 5.99. The molecular weight excluding hydrogens is 420 g/mol. The van der Waals surface area contributed by atoms with Crippen molar-refractivity contribution in [2.45, 2.75) is 18.1 Å². The van der Waals surface area contributed by atoms with Gasteiger partial charge in [-0.05, 0) is 36.8 Å². The number of ketones is 1. The third kappa shape index (κ3) is 4.43. The lowest BCUT2D eigenvalue weighted by molar-refractivity contribution is 0.102. The Balaban J connectivity index is 1.55. The molecule has 0 aliphatic carbocycles. The Morgan fingerprint density at radius 3 is 2.77 bits per heavy atom. The molecule has 0 saturated heterocycles. The first-order chi connectivity index (χ1) is 14.7. The van der Waals surface area contributed by atoms with Crippen LogP contribution >= 0.6 is 23.4 Å². The largest absolute Gasteiger partial charge is 0.385 e. The summed E-state index contributed by atoms with van der Waals surface area (Å²) < 4.78 is 7.23. The fourth-order valence-corrected chi connectivity index (χ4v) is 4.26. The van der Waals surface area contributed by atoms with Crippen LogP contribution in [-0.4, -0.2) is 45.0 Å². The molecule has 2 aromatic heterocycles. The molecule has 0 radical (unpaired) electrons. The first-order valence-electron chi connectivity index (χ1n) is 9.57. The van der Waals surface area contributed by atoms with Gasteiger partial charge < -0.3 is 14.3 Å². The Morgan fingerprint density at radius 1 is 1.17 bits per heavy atom. The van der Waals surface area contributed by atoms with Crippen LogP contribution < -0.4 is 0 Å². The van der Waals surface area contributed by atoms with Crippen LogP contribution in [0, 0.1) is 0 Å². The first-order valence-corrected chi connectivity index (χ1v) is 10.9. The zero-order chi connectivity index (χ0) is 20.9. The van der Waals surface area contributed by atoms with E-state index in [1.165, 1.54) is 11.8 Å². The van der Waals surface area contributed by atoms with Gasteiger partial charge in [-0.25, -0.2) is 0 Å². The van der Waals surface area contributed by atoms with Crippen LogP contribution in [0.3, 0.4) is 0 Å². The number of halogens is 1. The lowest BCUT2D eigenvalue weighted by atomic mass is 10.1. The van der Waals surface area contributed by atoms with Crippen LogP contribution in [-0.2, 0) is 11.3 Å². The van der Waals surface area contributed by atoms with E-state index >= 15 is 0 Å². The van der Waals surface area contributed by atoms with E-state index in [1.807, 2.05) is 53.1 Å². The predicted molar refractivity (Wildman–Crippen MR) is 120 cm³/mol. The van der Waals surface area contributed by atoms with Crippen LogP contribution in [0.15, 0.2) is 59.9 Å². The number of benzene rings is 2. The number of Topliss-reactive ketones (excluding diaryl/α,β-unsaturated/α-hetero) is 1. The number of para-hydroxylation sites is 1. The van der Waals surface area contributed by atoms with Crippen LogP contribution in [0.1, 0.15) is 16.8 Å². The second-order valence-electron chi connectivity index (χ2n) is 6.77. The number of carbonyl (C=O) groups is 1. The summed E-state index contributed by atoms with van der Waals surface area (Å²) in [6, 6.07) is 15.3. The fourth-order valence-electron chi connectivity index (χ4n) is 3.29. The van der Waals surface area contributed by atoms with E-state index in [2.05, 4.69) is 15.2 Å². The Bertz CT molecular complexity index is 1150. The molecule has 0 aliphatic rings. The smallest absolute Gasteiger partial charge is 0.191 e. The molecule has 0 atom stereocenters. The van der Waals surface area contributed by atoms with Crippen molar-refractivity contribution in [1.29, 1.82) is 0 Å². The number of nitrogens with zero attached hydrogens (tertiary/aromatic N) is 3. The molecule has 30 heavy (non-hydrogen) atoms. The predicted octanol–water partition coefficient (Wildman–Crippen LogP) is 5.09. The summed E-state index contributed by atoms with van der Waals surface area (Å²) in [7, 11) is 1.68. The molecule has 0 unspecified atom stereocenters. The van der Waals surface area contributed by atoms with Crippen LogP contribution in [0.25, 0.3) is 22.3 Å². The monoisotopic (exact) mass is 440 g/mol. The van der Waals surface area contributed by atoms with Crippen molar-refractivity contribution in [3.63, 3.8) is 0 Å². The molecule has 0 amide bonds. The van der Waals surface area contributed by atoms with Gasteiger partial charge in [-0.1, -0.05) is 41.6 Å². The maximum atomic E-state index is 12.8. The highest BCUT2D eigenvalue weighted by Gasteiger charge is 2.17. The average molecular weight is 441 g/mol. The number of ether oxygens (including phenoxy) is 1. The number of hydrogen-bond acceptors (Lipinski definition) is 5. The van der Waals surface area contributed by atoms with Gasteiger partial charge in [0.2, 0.25) is 0 Å². The van der Waals surface area contributed by atoms with Gasteiger partial charge in [0.25, 0.3) is 0 Å². The number of nitrogens with one attached hydrogen (secondary N) is 1. The van der Waals surface area contributed by atoms with Crippen molar-refractivity contribution < 1.29 is 9.53 Å². The van der Waals surface area contributed by atoms with Crippen LogP contribution in [0.5, 0.6) is 0 Å².